The predicted molar refractivity (Wildman–Crippen MR) is 38.8 cm³/mol. The molecule has 2 heterocycles. The lowest BCUT2D eigenvalue weighted by Crippen LogP contribution is -2.12. The maximum absolute atomic E-state index is 4.15. The van der Waals surface area contributed by atoms with Crippen LogP contribution in [-0.4, -0.2) is 16.5 Å². The Morgan fingerprint density at radius 3 is 3.40 bits per heavy atom. The lowest BCUT2D eigenvalue weighted by atomic mass is 10.1. The molecule has 0 aromatic carbocycles. The van der Waals surface area contributed by atoms with Gasteiger partial charge in [-0.1, -0.05) is 0 Å². The van der Waals surface area contributed by atoms with Crippen molar-refractivity contribution in [3.63, 3.8) is 0 Å². The van der Waals surface area contributed by atoms with Gasteiger partial charge in [0, 0.05) is 6.54 Å². The van der Waals surface area contributed by atoms with Gasteiger partial charge in [-0.05, 0) is 12.8 Å². The first kappa shape index (κ1) is 5.65. The van der Waals surface area contributed by atoms with Crippen LogP contribution in [0.4, 0.5) is 5.69 Å². The molecule has 0 bridgehead atoms. The summed E-state index contributed by atoms with van der Waals surface area (Å²) in [5.41, 5.74) is 2.26. The molecule has 52 valence electrons. The van der Waals surface area contributed by atoms with Gasteiger partial charge in [-0.25, -0.2) is 9.97 Å². The Labute approximate surface area is 59.5 Å². The highest BCUT2D eigenvalue weighted by Gasteiger charge is 2.07. The molecule has 0 spiro atoms. The summed E-state index contributed by atoms with van der Waals surface area (Å²) in [5.74, 6) is 0. The Hall–Kier alpha value is -1.12. The largest absolute Gasteiger partial charge is 0.382 e. The Morgan fingerprint density at radius 2 is 2.50 bits per heavy atom. The van der Waals surface area contributed by atoms with Gasteiger partial charge in [0.2, 0.25) is 0 Å². The van der Waals surface area contributed by atoms with Crippen molar-refractivity contribution in [2.75, 3.05) is 11.9 Å². The molecule has 1 aromatic rings. The zero-order chi connectivity index (χ0) is 6.81. The Balaban J connectivity index is 2.41. The van der Waals surface area contributed by atoms with Gasteiger partial charge in [-0.2, -0.15) is 0 Å². The summed E-state index contributed by atoms with van der Waals surface area (Å²) < 4.78 is 0. The maximum atomic E-state index is 4.15. The summed E-state index contributed by atoms with van der Waals surface area (Å²) in [4.78, 5) is 8.07. The van der Waals surface area contributed by atoms with Crippen molar-refractivity contribution in [1.82, 2.24) is 9.97 Å². The van der Waals surface area contributed by atoms with Crippen LogP contribution in [0.25, 0.3) is 0 Å². The van der Waals surface area contributed by atoms with Crippen molar-refractivity contribution < 1.29 is 0 Å². The Morgan fingerprint density at radius 1 is 1.50 bits per heavy atom. The molecule has 1 aliphatic heterocycles. The first-order valence-electron chi connectivity index (χ1n) is 3.49. The van der Waals surface area contributed by atoms with E-state index in [9.17, 15) is 0 Å². The van der Waals surface area contributed by atoms with Gasteiger partial charge < -0.3 is 5.32 Å². The molecule has 0 aliphatic carbocycles. The molecule has 3 heteroatoms. The van der Waals surface area contributed by atoms with Crippen LogP contribution in [0.2, 0.25) is 0 Å². The van der Waals surface area contributed by atoms with E-state index in [-0.39, 0.29) is 0 Å². The van der Waals surface area contributed by atoms with Crippen LogP contribution in [0.1, 0.15) is 12.1 Å². The van der Waals surface area contributed by atoms with Crippen LogP contribution in [0.3, 0.4) is 0 Å². The second-order valence-corrected chi connectivity index (χ2v) is 2.41. The van der Waals surface area contributed by atoms with E-state index in [1.165, 1.54) is 6.42 Å². The quantitative estimate of drug-likeness (QED) is 0.572. The molecule has 0 radical (unpaired) electrons. The maximum Gasteiger partial charge on any atom is 0.115 e. The molecule has 1 aliphatic rings. The van der Waals surface area contributed by atoms with Crippen molar-refractivity contribution >= 4 is 5.69 Å². The molecule has 0 atom stereocenters. The minimum atomic E-state index is 1.06. The van der Waals surface area contributed by atoms with Crippen molar-refractivity contribution in [2.24, 2.45) is 0 Å². The number of rotatable bonds is 0. The Bertz CT molecular complexity index is 209. The molecule has 1 aromatic heterocycles. The van der Waals surface area contributed by atoms with Crippen molar-refractivity contribution in [2.45, 2.75) is 12.8 Å². The number of fused-ring (bicyclic) bond motifs is 1. The molecule has 3 nitrogen and oxygen atoms in total. The number of hydrogen-bond donors (Lipinski definition) is 1. The highest BCUT2D eigenvalue weighted by atomic mass is 15.0. The van der Waals surface area contributed by atoms with Crippen molar-refractivity contribution in [3.8, 4) is 0 Å². The average Bonchev–Trinajstić information content (AvgIpc) is 2.05. The summed E-state index contributed by atoms with van der Waals surface area (Å²) >= 11 is 0. The lowest BCUT2D eigenvalue weighted by Gasteiger charge is -2.14. The summed E-state index contributed by atoms with van der Waals surface area (Å²) in [6.45, 7) is 1.06. The first-order valence-corrected chi connectivity index (χ1v) is 3.49. The molecule has 2 rings (SSSR count). The van der Waals surface area contributed by atoms with Crippen LogP contribution < -0.4 is 5.32 Å². The van der Waals surface area contributed by atoms with E-state index in [0.717, 1.165) is 24.3 Å². The summed E-state index contributed by atoms with van der Waals surface area (Å²) in [6, 6.07) is 0. The van der Waals surface area contributed by atoms with Crippen molar-refractivity contribution in [3.05, 3.63) is 18.2 Å². The number of aryl methyl sites for hydroxylation is 1. The summed E-state index contributed by atoms with van der Waals surface area (Å²) in [6.07, 6.45) is 5.71. The van der Waals surface area contributed by atoms with E-state index in [2.05, 4.69) is 15.3 Å². The Kier molecular flexibility index (Phi) is 1.27. The van der Waals surface area contributed by atoms with Gasteiger partial charge in [-0.3, -0.25) is 0 Å². The van der Waals surface area contributed by atoms with E-state index in [0.29, 0.717) is 0 Å². The fourth-order valence-corrected chi connectivity index (χ4v) is 1.18. The summed E-state index contributed by atoms with van der Waals surface area (Å²) in [7, 11) is 0. The fourth-order valence-electron chi connectivity index (χ4n) is 1.18. The number of aromatic nitrogens is 2. The minimum absolute atomic E-state index is 1.06. The molecule has 1 N–H and O–H groups in total. The van der Waals surface area contributed by atoms with Gasteiger partial charge in [-0.15, -0.1) is 0 Å². The van der Waals surface area contributed by atoms with E-state index in [1.807, 2.05) is 6.20 Å². The van der Waals surface area contributed by atoms with Crippen LogP contribution in [0.5, 0.6) is 0 Å². The summed E-state index contributed by atoms with van der Waals surface area (Å²) in [5, 5.41) is 3.24. The highest BCUT2D eigenvalue weighted by molar-refractivity contribution is 5.46. The molecule has 0 saturated heterocycles. The monoisotopic (exact) mass is 135 g/mol. The van der Waals surface area contributed by atoms with Crippen LogP contribution in [-0.2, 0) is 6.42 Å². The number of hydrogen-bond acceptors (Lipinski definition) is 3. The van der Waals surface area contributed by atoms with Gasteiger partial charge in [0.15, 0.2) is 0 Å². The number of nitrogens with one attached hydrogen (secondary N) is 1. The smallest absolute Gasteiger partial charge is 0.115 e. The second kappa shape index (κ2) is 2.25. The fraction of sp³-hybridized carbons (Fsp3) is 0.429. The molecule has 0 saturated carbocycles. The normalized spacial score (nSPS) is 15.6. The zero-order valence-electron chi connectivity index (χ0n) is 5.67. The topological polar surface area (TPSA) is 37.8 Å². The van der Waals surface area contributed by atoms with E-state index in [1.54, 1.807) is 6.33 Å². The molecule has 0 amide bonds. The second-order valence-electron chi connectivity index (χ2n) is 2.41. The third kappa shape index (κ3) is 0.835. The SMILES string of the molecule is c1ncc2c(n1)CCCN2. The number of anilines is 1. The minimum Gasteiger partial charge on any atom is -0.382 e. The third-order valence-electron chi connectivity index (χ3n) is 1.70. The van der Waals surface area contributed by atoms with E-state index in [4.69, 9.17) is 0 Å². The first-order chi connectivity index (χ1) is 4.97. The molecule has 0 fully saturated rings. The average molecular weight is 135 g/mol. The zero-order valence-corrected chi connectivity index (χ0v) is 5.67. The van der Waals surface area contributed by atoms with E-state index < -0.39 is 0 Å². The molecule has 0 unspecified atom stereocenters. The highest BCUT2D eigenvalue weighted by Crippen LogP contribution is 2.16. The van der Waals surface area contributed by atoms with Crippen LogP contribution >= 0.6 is 0 Å². The van der Waals surface area contributed by atoms with Gasteiger partial charge in [0.05, 0.1) is 17.6 Å². The molecule has 10 heavy (non-hydrogen) atoms. The predicted octanol–water partition coefficient (Wildman–Crippen LogP) is 0.835. The third-order valence-corrected chi connectivity index (χ3v) is 1.70. The van der Waals surface area contributed by atoms with Crippen LogP contribution in [0, 0.1) is 0 Å². The molecular formula is C7H9N3. The van der Waals surface area contributed by atoms with Gasteiger partial charge >= 0.3 is 0 Å². The lowest BCUT2D eigenvalue weighted by molar-refractivity contribution is 0.794. The number of nitrogens with zero attached hydrogens (tertiary/aromatic N) is 2. The van der Waals surface area contributed by atoms with E-state index >= 15 is 0 Å². The van der Waals surface area contributed by atoms with Crippen molar-refractivity contribution in [1.29, 1.82) is 0 Å². The van der Waals surface area contributed by atoms with Crippen LogP contribution in [0.15, 0.2) is 12.5 Å². The standard InChI is InChI=1S/C7H9N3/c1-2-6-7(9-3-1)4-8-5-10-6/h4-5,9H,1-3H2. The van der Waals surface area contributed by atoms with Gasteiger partial charge in [0.1, 0.15) is 6.33 Å². The van der Waals surface area contributed by atoms with Gasteiger partial charge in [0.25, 0.3) is 0 Å². The molecular weight excluding hydrogens is 126 g/mol.